The van der Waals surface area contributed by atoms with Gasteiger partial charge in [0.2, 0.25) is 0 Å². The number of ether oxygens (including phenoxy) is 1. The van der Waals surface area contributed by atoms with Crippen molar-refractivity contribution in [3.8, 4) is 6.07 Å². The van der Waals surface area contributed by atoms with Gasteiger partial charge in [-0.25, -0.2) is 0 Å². The summed E-state index contributed by atoms with van der Waals surface area (Å²) >= 11 is 0. The first kappa shape index (κ1) is 14.2. The molecule has 0 fully saturated rings. The van der Waals surface area contributed by atoms with E-state index in [9.17, 15) is 4.79 Å². The highest BCUT2D eigenvalue weighted by molar-refractivity contribution is 5.73. The Bertz CT molecular complexity index is 400. The summed E-state index contributed by atoms with van der Waals surface area (Å²) in [5.41, 5.74) is 0.999. The van der Waals surface area contributed by atoms with Gasteiger partial charge in [-0.2, -0.15) is 5.26 Å². The minimum Gasteiger partial charge on any atom is -0.480 e. The molecule has 2 N–H and O–H groups in total. The number of nitrogens with one attached hydrogen (secondary N) is 1. The molecule has 1 aromatic carbocycles. The summed E-state index contributed by atoms with van der Waals surface area (Å²) in [7, 11) is 0. The van der Waals surface area contributed by atoms with E-state index in [1.54, 1.807) is 0 Å². The lowest BCUT2D eigenvalue weighted by Gasteiger charge is -2.13. The van der Waals surface area contributed by atoms with Crippen LogP contribution < -0.4 is 5.32 Å². The van der Waals surface area contributed by atoms with E-state index in [0.717, 1.165) is 5.56 Å². The zero-order valence-electron chi connectivity index (χ0n) is 10.0. The lowest BCUT2D eigenvalue weighted by molar-refractivity contribution is -0.141. The van der Waals surface area contributed by atoms with Gasteiger partial charge >= 0.3 is 5.97 Å². The molecule has 0 aromatic heterocycles. The maximum Gasteiger partial charge on any atom is 0.323 e. The van der Waals surface area contributed by atoms with Crippen molar-refractivity contribution in [3.05, 3.63) is 35.9 Å². The summed E-state index contributed by atoms with van der Waals surface area (Å²) in [4.78, 5) is 10.9. The first-order valence-electron chi connectivity index (χ1n) is 5.69. The van der Waals surface area contributed by atoms with Gasteiger partial charge in [-0.15, -0.1) is 0 Å². The fourth-order valence-electron chi connectivity index (χ4n) is 1.39. The van der Waals surface area contributed by atoms with Crippen LogP contribution in [0.3, 0.4) is 0 Å². The maximum absolute atomic E-state index is 10.9. The van der Waals surface area contributed by atoms with E-state index in [4.69, 9.17) is 15.1 Å². The molecular formula is C13H16N2O3. The average Bonchev–Trinajstić information content (AvgIpc) is 2.38. The first-order chi connectivity index (χ1) is 8.74. The average molecular weight is 248 g/mol. The molecule has 0 aliphatic rings. The number of carboxylic acids is 1. The molecule has 5 nitrogen and oxygen atoms in total. The monoisotopic (exact) mass is 248 g/mol. The molecule has 18 heavy (non-hydrogen) atoms. The van der Waals surface area contributed by atoms with Gasteiger partial charge in [0.1, 0.15) is 6.04 Å². The van der Waals surface area contributed by atoms with Crippen LogP contribution in [-0.4, -0.2) is 30.3 Å². The smallest absolute Gasteiger partial charge is 0.323 e. The van der Waals surface area contributed by atoms with Crippen molar-refractivity contribution in [2.24, 2.45) is 0 Å². The van der Waals surface area contributed by atoms with E-state index < -0.39 is 12.0 Å². The summed E-state index contributed by atoms with van der Waals surface area (Å²) in [5, 5.41) is 20.1. The molecule has 1 unspecified atom stereocenters. The number of carboxylic acid groups (broad SMARTS) is 1. The minimum atomic E-state index is -0.971. The molecule has 0 bridgehead atoms. The molecule has 0 spiro atoms. The fraction of sp³-hybridized carbons (Fsp3) is 0.385. The molecule has 0 aliphatic heterocycles. The predicted molar refractivity (Wildman–Crippen MR) is 65.8 cm³/mol. The van der Waals surface area contributed by atoms with Gasteiger partial charge in [-0.3, -0.25) is 4.79 Å². The van der Waals surface area contributed by atoms with Crippen LogP contribution in [0.1, 0.15) is 12.0 Å². The first-order valence-corrected chi connectivity index (χ1v) is 5.69. The Kier molecular flexibility index (Phi) is 6.47. The van der Waals surface area contributed by atoms with Gasteiger partial charge in [-0.05, 0) is 5.56 Å². The van der Waals surface area contributed by atoms with Gasteiger partial charge in [0.25, 0.3) is 0 Å². The molecular weight excluding hydrogens is 232 g/mol. The summed E-state index contributed by atoms with van der Waals surface area (Å²) in [6.45, 7) is 0.808. The number of nitrogens with zero attached hydrogens (tertiary/aromatic N) is 1. The van der Waals surface area contributed by atoms with E-state index in [0.29, 0.717) is 13.2 Å². The quantitative estimate of drug-likeness (QED) is 0.674. The summed E-state index contributed by atoms with van der Waals surface area (Å²) < 4.78 is 5.35. The molecule has 1 rings (SSSR count). The Balaban J connectivity index is 2.29. The third-order valence-corrected chi connectivity index (χ3v) is 2.32. The van der Waals surface area contributed by atoms with Crippen molar-refractivity contribution in [2.75, 3.05) is 13.2 Å². The highest BCUT2D eigenvalue weighted by Crippen LogP contribution is 2.01. The molecule has 96 valence electrons. The van der Waals surface area contributed by atoms with Gasteiger partial charge in [-0.1, -0.05) is 30.3 Å². The predicted octanol–water partition coefficient (Wildman–Crippen LogP) is 1.16. The van der Waals surface area contributed by atoms with E-state index >= 15 is 0 Å². The topological polar surface area (TPSA) is 82.3 Å². The van der Waals surface area contributed by atoms with Crippen LogP contribution in [0.25, 0.3) is 0 Å². The van der Waals surface area contributed by atoms with Crippen LogP contribution >= 0.6 is 0 Å². The summed E-state index contributed by atoms with van der Waals surface area (Å²) in [6, 6.07) is 10.7. The van der Waals surface area contributed by atoms with E-state index in [1.165, 1.54) is 0 Å². The molecule has 0 saturated heterocycles. The largest absolute Gasteiger partial charge is 0.480 e. The number of rotatable bonds is 8. The maximum atomic E-state index is 10.9. The Hall–Kier alpha value is -1.90. The Morgan fingerprint density at radius 1 is 1.44 bits per heavy atom. The van der Waals surface area contributed by atoms with Crippen LogP contribution in [0.2, 0.25) is 0 Å². The van der Waals surface area contributed by atoms with Crippen molar-refractivity contribution < 1.29 is 14.6 Å². The molecule has 5 heteroatoms. The number of nitriles is 1. The highest BCUT2D eigenvalue weighted by atomic mass is 16.5. The fourth-order valence-corrected chi connectivity index (χ4v) is 1.39. The normalized spacial score (nSPS) is 11.7. The van der Waals surface area contributed by atoms with Gasteiger partial charge in [0.05, 0.1) is 19.3 Å². The second-order valence-electron chi connectivity index (χ2n) is 3.75. The molecule has 0 amide bonds. The zero-order chi connectivity index (χ0) is 13.2. The van der Waals surface area contributed by atoms with Crippen LogP contribution in [0.5, 0.6) is 0 Å². The van der Waals surface area contributed by atoms with Crippen LogP contribution in [0, 0.1) is 11.3 Å². The van der Waals surface area contributed by atoms with E-state index in [-0.39, 0.29) is 13.0 Å². The Morgan fingerprint density at radius 2 is 2.17 bits per heavy atom. The second kappa shape index (κ2) is 8.23. The number of hydrogen-bond donors (Lipinski definition) is 2. The van der Waals surface area contributed by atoms with Gasteiger partial charge < -0.3 is 15.2 Å². The molecule has 0 saturated carbocycles. The van der Waals surface area contributed by atoms with Crippen molar-refractivity contribution in [1.82, 2.24) is 5.32 Å². The van der Waals surface area contributed by atoms with Crippen molar-refractivity contribution in [3.63, 3.8) is 0 Å². The van der Waals surface area contributed by atoms with Crippen molar-refractivity contribution >= 4 is 5.97 Å². The third kappa shape index (κ3) is 5.43. The molecule has 1 atom stereocenters. The number of carbonyl (C=O) groups is 1. The van der Waals surface area contributed by atoms with E-state index in [1.807, 2.05) is 36.4 Å². The van der Waals surface area contributed by atoms with Crippen molar-refractivity contribution in [2.45, 2.75) is 19.1 Å². The minimum absolute atomic E-state index is 0.0790. The lowest BCUT2D eigenvalue weighted by atomic mass is 10.2. The third-order valence-electron chi connectivity index (χ3n) is 2.32. The van der Waals surface area contributed by atoms with Crippen molar-refractivity contribution in [1.29, 1.82) is 5.26 Å². The SMILES string of the molecule is N#CCCNC(COCc1ccccc1)C(=O)O. The van der Waals surface area contributed by atoms with Crippen LogP contribution in [0.15, 0.2) is 30.3 Å². The van der Waals surface area contributed by atoms with Gasteiger partial charge in [0, 0.05) is 13.0 Å². The molecule has 0 aliphatic carbocycles. The van der Waals surface area contributed by atoms with Gasteiger partial charge in [0.15, 0.2) is 0 Å². The van der Waals surface area contributed by atoms with E-state index in [2.05, 4.69) is 5.32 Å². The molecule has 1 aromatic rings. The summed E-state index contributed by atoms with van der Waals surface area (Å²) in [5.74, 6) is -0.971. The number of benzene rings is 1. The Labute approximate surface area is 106 Å². The Morgan fingerprint density at radius 3 is 2.78 bits per heavy atom. The second-order valence-corrected chi connectivity index (χ2v) is 3.75. The number of hydrogen-bond acceptors (Lipinski definition) is 4. The van der Waals surface area contributed by atoms with Crippen LogP contribution in [-0.2, 0) is 16.1 Å². The van der Waals surface area contributed by atoms with Crippen LogP contribution in [0.4, 0.5) is 0 Å². The standard InChI is InChI=1S/C13H16N2O3/c14-7-4-8-15-12(13(16)17)10-18-9-11-5-2-1-3-6-11/h1-3,5-6,12,15H,4,8-10H2,(H,16,17). The highest BCUT2D eigenvalue weighted by Gasteiger charge is 2.16. The molecule has 0 heterocycles. The summed E-state index contributed by atoms with van der Waals surface area (Å²) in [6.07, 6.45) is 0.280. The zero-order valence-corrected chi connectivity index (χ0v) is 10.0. The lowest BCUT2D eigenvalue weighted by Crippen LogP contribution is -2.40. The number of aliphatic carboxylic acids is 1. The molecule has 0 radical (unpaired) electrons.